The maximum absolute atomic E-state index is 8.77. The molecule has 1 fully saturated rings. The summed E-state index contributed by atoms with van der Waals surface area (Å²) in [5.41, 5.74) is 1.12. The Morgan fingerprint density at radius 2 is 2.10 bits per heavy atom. The maximum atomic E-state index is 8.77. The van der Waals surface area contributed by atoms with E-state index in [1.165, 1.54) is 0 Å². The van der Waals surface area contributed by atoms with Crippen molar-refractivity contribution in [2.45, 2.75) is 25.5 Å². The molecule has 1 saturated heterocycles. The molecule has 0 aromatic heterocycles. The Labute approximate surface area is 125 Å². The highest BCUT2D eigenvalue weighted by atomic mass is 35.5. The summed E-state index contributed by atoms with van der Waals surface area (Å²) >= 11 is 6.05. The number of benzene rings is 1. The van der Waals surface area contributed by atoms with E-state index in [4.69, 9.17) is 26.2 Å². The largest absolute Gasteiger partial charge is 0.496 e. The molecule has 1 aromatic carbocycles. The number of aliphatic hydroxyl groups is 1. The second kappa shape index (κ2) is 7.84. The Balaban J connectivity index is 1.87. The molecule has 1 N–H and O–H groups in total. The lowest BCUT2D eigenvalue weighted by molar-refractivity contribution is -0.00909. The van der Waals surface area contributed by atoms with E-state index in [0.717, 1.165) is 48.8 Å². The zero-order valence-corrected chi connectivity index (χ0v) is 12.6. The molecule has 0 unspecified atom stereocenters. The normalized spacial score (nSPS) is 17.4. The molecular formula is C15H22ClNO3. The molecule has 0 amide bonds. The van der Waals surface area contributed by atoms with Crippen LogP contribution in [0.15, 0.2) is 18.2 Å². The molecule has 1 aliphatic rings. The van der Waals surface area contributed by atoms with Gasteiger partial charge in [0.25, 0.3) is 0 Å². The van der Waals surface area contributed by atoms with Crippen LogP contribution >= 0.6 is 11.6 Å². The Bertz CT molecular complexity index is 420. The highest BCUT2D eigenvalue weighted by molar-refractivity contribution is 6.30. The summed E-state index contributed by atoms with van der Waals surface area (Å²) in [4.78, 5) is 2.38. The fourth-order valence-electron chi connectivity index (χ4n) is 2.57. The number of likely N-dealkylation sites (tertiary alicyclic amines) is 1. The minimum absolute atomic E-state index is 0.0972. The molecule has 4 nitrogen and oxygen atoms in total. The van der Waals surface area contributed by atoms with Crippen LogP contribution in [0.25, 0.3) is 0 Å². The Hall–Kier alpha value is -0.810. The molecule has 0 aliphatic carbocycles. The monoisotopic (exact) mass is 299 g/mol. The Morgan fingerprint density at radius 3 is 2.75 bits per heavy atom. The fourth-order valence-corrected chi connectivity index (χ4v) is 2.76. The third-order valence-corrected chi connectivity index (χ3v) is 3.85. The van der Waals surface area contributed by atoms with Gasteiger partial charge in [-0.1, -0.05) is 11.6 Å². The molecule has 0 spiro atoms. The van der Waals surface area contributed by atoms with Crippen LogP contribution < -0.4 is 4.74 Å². The van der Waals surface area contributed by atoms with E-state index in [1.807, 2.05) is 18.2 Å². The van der Waals surface area contributed by atoms with Gasteiger partial charge in [-0.25, -0.2) is 0 Å². The summed E-state index contributed by atoms with van der Waals surface area (Å²) in [5, 5.41) is 9.50. The van der Waals surface area contributed by atoms with Crippen LogP contribution in [0.4, 0.5) is 0 Å². The van der Waals surface area contributed by atoms with E-state index in [-0.39, 0.29) is 12.7 Å². The number of hydrogen-bond donors (Lipinski definition) is 1. The molecule has 0 atom stereocenters. The van der Waals surface area contributed by atoms with E-state index in [9.17, 15) is 0 Å². The summed E-state index contributed by atoms with van der Waals surface area (Å²) in [7, 11) is 1.68. The number of ether oxygens (including phenoxy) is 2. The minimum atomic E-state index is 0.0972. The summed E-state index contributed by atoms with van der Waals surface area (Å²) in [6.07, 6.45) is 2.28. The van der Waals surface area contributed by atoms with E-state index in [1.54, 1.807) is 7.11 Å². The first-order valence-electron chi connectivity index (χ1n) is 7.00. The lowest BCUT2D eigenvalue weighted by Gasteiger charge is -2.32. The van der Waals surface area contributed by atoms with Crippen LogP contribution in [0.5, 0.6) is 5.75 Å². The van der Waals surface area contributed by atoms with Crippen molar-refractivity contribution in [2.24, 2.45) is 0 Å². The zero-order valence-electron chi connectivity index (χ0n) is 11.8. The molecule has 2 rings (SSSR count). The predicted molar refractivity (Wildman–Crippen MR) is 79.3 cm³/mol. The van der Waals surface area contributed by atoms with Crippen LogP contribution in [0.1, 0.15) is 18.4 Å². The van der Waals surface area contributed by atoms with Gasteiger partial charge in [0, 0.05) is 30.2 Å². The molecule has 1 aliphatic heterocycles. The number of aliphatic hydroxyl groups excluding tert-OH is 1. The molecule has 0 bridgehead atoms. The number of methoxy groups -OCH3 is 1. The fraction of sp³-hybridized carbons (Fsp3) is 0.600. The second-order valence-electron chi connectivity index (χ2n) is 5.03. The lowest BCUT2D eigenvalue weighted by Crippen LogP contribution is -2.37. The van der Waals surface area contributed by atoms with Gasteiger partial charge in [0.05, 0.1) is 26.4 Å². The van der Waals surface area contributed by atoms with E-state index < -0.39 is 0 Å². The number of piperidine rings is 1. The van der Waals surface area contributed by atoms with Crippen molar-refractivity contribution in [3.63, 3.8) is 0 Å². The molecule has 112 valence electrons. The Morgan fingerprint density at radius 1 is 1.35 bits per heavy atom. The maximum Gasteiger partial charge on any atom is 0.123 e. The molecule has 0 radical (unpaired) electrons. The van der Waals surface area contributed by atoms with Crippen LogP contribution in [-0.2, 0) is 11.3 Å². The number of hydrogen-bond acceptors (Lipinski definition) is 4. The van der Waals surface area contributed by atoms with Gasteiger partial charge in [0.15, 0.2) is 0 Å². The summed E-state index contributed by atoms with van der Waals surface area (Å²) in [6, 6.07) is 5.72. The molecule has 1 aromatic rings. The highest BCUT2D eigenvalue weighted by Crippen LogP contribution is 2.25. The zero-order chi connectivity index (χ0) is 14.4. The van der Waals surface area contributed by atoms with Crippen molar-refractivity contribution < 1.29 is 14.6 Å². The molecular weight excluding hydrogens is 278 g/mol. The quantitative estimate of drug-likeness (QED) is 0.875. The first kappa shape index (κ1) is 15.6. The lowest BCUT2D eigenvalue weighted by atomic mass is 10.1. The smallest absolute Gasteiger partial charge is 0.123 e. The number of halogens is 1. The van der Waals surface area contributed by atoms with Crippen molar-refractivity contribution >= 4 is 11.6 Å². The predicted octanol–water partition coefficient (Wildman–Crippen LogP) is 2.32. The summed E-state index contributed by atoms with van der Waals surface area (Å²) in [6.45, 7) is 3.36. The number of rotatable bonds is 6. The second-order valence-corrected chi connectivity index (χ2v) is 5.46. The van der Waals surface area contributed by atoms with E-state index in [0.29, 0.717) is 6.61 Å². The van der Waals surface area contributed by atoms with Crippen molar-refractivity contribution in [3.05, 3.63) is 28.8 Å². The van der Waals surface area contributed by atoms with Gasteiger partial charge in [0.2, 0.25) is 0 Å². The van der Waals surface area contributed by atoms with Crippen molar-refractivity contribution in [3.8, 4) is 5.75 Å². The summed E-state index contributed by atoms with van der Waals surface area (Å²) < 4.78 is 11.0. The SMILES string of the molecule is COc1ccc(Cl)cc1CN1CCC(OCCO)CC1. The van der Waals surface area contributed by atoms with Crippen LogP contribution in [0.2, 0.25) is 5.02 Å². The Kier molecular flexibility index (Phi) is 6.10. The molecule has 20 heavy (non-hydrogen) atoms. The standard InChI is InChI=1S/C15H22ClNO3/c1-19-15-3-2-13(16)10-12(15)11-17-6-4-14(5-7-17)20-9-8-18/h2-3,10,14,18H,4-9,11H2,1H3. The van der Waals surface area contributed by atoms with Crippen molar-refractivity contribution in [1.82, 2.24) is 4.90 Å². The topological polar surface area (TPSA) is 41.9 Å². The minimum Gasteiger partial charge on any atom is -0.496 e. The molecule has 5 heteroatoms. The molecule has 0 saturated carbocycles. The first-order chi connectivity index (χ1) is 9.72. The summed E-state index contributed by atoms with van der Waals surface area (Å²) in [5.74, 6) is 0.882. The first-order valence-corrected chi connectivity index (χ1v) is 7.38. The van der Waals surface area contributed by atoms with Crippen molar-refractivity contribution in [1.29, 1.82) is 0 Å². The van der Waals surface area contributed by atoms with Crippen LogP contribution in [-0.4, -0.2) is 49.5 Å². The van der Waals surface area contributed by atoms with Gasteiger partial charge < -0.3 is 14.6 Å². The third-order valence-electron chi connectivity index (χ3n) is 3.62. The highest BCUT2D eigenvalue weighted by Gasteiger charge is 2.20. The number of nitrogens with zero attached hydrogens (tertiary/aromatic N) is 1. The van der Waals surface area contributed by atoms with Gasteiger partial charge >= 0.3 is 0 Å². The average molecular weight is 300 g/mol. The van der Waals surface area contributed by atoms with Crippen LogP contribution in [0.3, 0.4) is 0 Å². The third kappa shape index (κ3) is 4.35. The molecule has 1 heterocycles. The van der Waals surface area contributed by atoms with Gasteiger partial charge in [-0.3, -0.25) is 4.90 Å². The van der Waals surface area contributed by atoms with Gasteiger partial charge in [0.1, 0.15) is 5.75 Å². The van der Waals surface area contributed by atoms with Crippen molar-refractivity contribution in [2.75, 3.05) is 33.4 Å². The van der Waals surface area contributed by atoms with Gasteiger partial charge in [-0.15, -0.1) is 0 Å². The van der Waals surface area contributed by atoms with E-state index >= 15 is 0 Å². The van der Waals surface area contributed by atoms with Gasteiger partial charge in [-0.2, -0.15) is 0 Å². The average Bonchev–Trinajstić information content (AvgIpc) is 2.47. The van der Waals surface area contributed by atoms with E-state index in [2.05, 4.69) is 4.90 Å². The van der Waals surface area contributed by atoms with Crippen LogP contribution in [0, 0.1) is 0 Å². The van der Waals surface area contributed by atoms with Gasteiger partial charge in [-0.05, 0) is 31.0 Å².